The van der Waals surface area contributed by atoms with Crippen molar-refractivity contribution in [3.63, 3.8) is 0 Å². The highest BCUT2D eigenvalue weighted by atomic mass is 16.5. The maximum absolute atomic E-state index is 12.2. The summed E-state index contributed by atoms with van der Waals surface area (Å²) in [6.45, 7) is 8.98. The highest BCUT2D eigenvalue weighted by Crippen LogP contribution is 2.24. The summed E-state index contributed by atoms with van der Waals surface area (Å²) in [5.41, 5.74) is 1.54. The number of ether oxygens (including phenoxy) is 2. The van der Waals surface area contributed by atoms with Gasteiger partial charge in [-0.2, -0.15) is 0 Å². The predicted molar refractivity (Wildman–Crippen MR) is 106 cm³/mol. The van der Waals surface area contributed by atoms with Crippen molar-refractivity contribution in [3.8, 4) is 11.5 Å². The standard InChI is InChI=1S/C21H28N2O3/c1-15(2)14-25-18-11-9-17(10-12-18)22-13-21(24)23-19-7-5-6-8-20(19)26-16(3)4/h5-12,15-16,22H,13-14H2,1-4H3,(H,23,24). The first kappa shape index (κ1) is 19.6. The Bertz CT molecular complexity index is 697. The normalized spacial score (nSPS) is 10.7. The molecule has 5 heteroatoms. The van der Waals surface area contributed by atoms with Crippen LogP contribution < -0.4 is 20.1 Å². The highest BCUT2D eigenvalue weighted by Gasteiger charge is 2.08. The van der Waals surface area contributed by atoms with Crippen molar-refractivity contribution in [2.24, 2.45) is 5.92 Å². The third-order valence-corrected chi connectivity index (χ3v) is 3.41. The van der Waals surface area contributed by atoms with Gasteiger partial charge in [0.05, 0.1) is 24.9 Å². The first-order chi connectivity index (χ1) is 12.4. The van der Waals surface area contributed by atoms with Crippen LogP contribution in [0.15, 0.2) is 48.5 Å². The molecule has 0 fully saturated rings. The summed E-state index contributed by atoms with van der Waals surface area (Å²) in [6.07, 6.45) is 0.0441. The molecule has 0 bridgehead atoms. The smallest absolute Gasteiger partial charge is 0.243 e. The largest absolute Gasteiger partial charge is 0.493 e. The average molecular weight is 356 g/mol. The molecule has 0 spiro atoms. The molecule has 2 aromatic rings. The lowest BCUT2D eigenvalue weighted by atomic mass is 10.2. The fourth-order valence-electron chi connectivity index (χ4n) is 2.24. The summed E-state index contributed by atoms with van der Waals surface area (Å²) in [5, 5.41) is 5.99. The van der Waals surface area contributed by atoms with Crippen molar-refractivity contribution in [2.45, 2.75) is 33.8 Å². The van der Waals surface area contributed by atoms with Crippen molar-refractivity contribution >= 4 is 17.3 Å². The number of amides is 1. The lowest BCUT2D eigenvalue weighted by molar-refractivity contribution is -0.114. The van der Waals surface area contributed by atoms with Gasteiger partial charge in [0, 0.05) is 5.69 Å². The molecule has 0 aliphatic rings. The van der Waals surface area contributed by atoms with Gasteiger partial charge in [0.2, 0.25) is 5.91 Å². The zero-order valence-corrected chi connectivity index (χ0v) is 15.9. The van der Waals surface area contributed by atoms with E-state index >= 15 is 0 Å². The summed E-state index contributed by atoms with van der Waals surface area (Å²) < 4.78 is 11.4. The zero-order valence-electron chi connectivity index (χ0n) is 15.9. The molecule has 0 atom stereocenters. The Balaban J connectivity index is 1.85. The van der Waals surface area contributed by atoms with Gasteiger partial charge in [0.25, 0.3) is 0 Å². The second-order valence-corrected chi connectivity index (χ2v) is 6.79. The van der Waals surface area contributed by atoms with Crippen molar-refractivity contribution in [1.82, 2.24) is 0 Å². The number of carbonyl (C=O) groups is 1. The van der Waals surface area contributed by atoms with E-state index in [-0.39, 0.29) is 18.6 Å². The number of benzene rings is 2. The van der Waals surface area contributed by atoms with Gasteiger partial charge in [-0.1, -0.05) is 26.0 Å². The molecule has 0 unspecified atom stereocenters. The van der Waals surface area contributed by atoms with Crippen LogP contribution in [0.25, 0.3) is 0 Å². The molecule has 0 saturated carbocycles. The Labute approximate surface area is 155 Å². The second kappa shape index (κ2) is 9.70. The van der Waals surface area contributed by atoms with E-state index in [2.05, 4.69) is 24.5 Å². The number of nitrogens with one attached hydrogen (secondary N) is 2. The van der Waals surface area contributed by atoms with Gasteiger partial charge in [-0.15, -0.1) is 0 Å². The molecule has 0 aliphatic heterocycles. The summed E-state index contributed by atoms with van der Waals surface area (Å²) in [5.74, 6) is 1.85. The van der Waals surface area contributed by atoms with E-state index in [0.29, 0.717) is 24.0 Å². The summed E-state index contributed by atoms with van der Waals surface area (Å²) in [4.78, 5) is 12.2. The number of rotatable bonds is 9. The molecule has 140 valence electrons. The molecule has 2 aromatic carbocycles. The number of hydrogen-bond donors (Lipinski definition) is 2. The number of para-hydroxylation sites is 2. The highest BCUT2D eigenvalue weighted by molar-refractivity contribution is 5.95. The number of anilines is 2. The molecule has 0 radical (unpaired) electrons. The van der Waals surface area contributed by atoms with Crippen LogP contribution in [0, 0.1) is 5.92 Å². The first-order valence-corrected chi connectivity index (χ1v) is 8.96. The molecule has 5 nitrogen and oxygen atoms in total. The molecular formula is C21H28N2O3. The Morgan fingerprint density at radius 3 is 2.35 bits per heavy atom. The molecule has 0 aliphatic carbocycles. The van der Waals surface area contributed by atoms with Gasteiger partial charge in [0.15, 0.2) is 0 Å². The fourth-order valence-corrected chi connectivity index (χ4v) is 2.24. The Morgan fingerprint density at radius 2 is 1.69 bits per heavy atom. The quantitative estimate of drug-likeness (QED) is 0.691. The van der Waals surface area contributed by atoms with Crippen LogP contribution in [0.5, 0.6) is 11.5 Å². The molecule has 26 heavy (non-hydrogen) atoms. The number of hydrogen-bond acceptors (Lipinski definition) is 4. The van der Waals surface area contributed by atoms with Gasteiger partial charge in [-0.05, 0) is 56.2 Å². The molecular weight excluding hydrogens is 328 g/mol. The summed E-state index contributed by atoms with van der Waals surface area (Å²) >= 11 is 0. The predicted octanol–water partition coefficient (Wildman–Crippen LogP) is 4.56. The molecule has 0 aromatic heterocycles. The van der Waals surface area contributed by atoms with Crippen molar-refractivity contribution in [1.29, 1.82) is 0 Å². The van der Waals surface area contributed by atoms with Crippen molar-refractivity contribution < 1.29 is 14.3 Å². The van der Waals surface area contributed by atoms with E-state index in [1.807, 2.05) is 62.4 Å². The fraction of sp³-hybridized carbons (Fsp3) is 0.381. The third kappa shape index (κ3) is 6.67. The molecule has 2 rings (SSSR count). The van der Waals surface area contributed by atoms with E-state index in [9.17, 15) is 4.79 Å². The zero-order chi connectivity index (χ0) is 18.9. The minimum Gasteiger partial charge on any atom is -0.493 e. The lowest BCUT2D eigenvalue weighted by Gasteiger charge is -2.15. The molecule has 0 heterocycles. The lowest BCUT2D eigenvalue weighted by Crippen LogP contribution is -2.22. The van der Waals surface area contributed by atoms with E-state index in [4.69, 9.17) is 9.47 Å². The third-order valence-electron chi connectivity index (χ3n) is 3.41. The second-order valence-electron chi connectivity index (χ2n) is 6.79. The minimum absolute atomic E-state index is 0.0441. The van der Waals surface area contributed by atoms with Gasteiger partial charge in [0.1, 0.15) is 11.5 Å². The summed E-state index contributed by atoms with van der Waals surface area (Å²) in [6, 6.07) is 15.0. The number of carbonyl (C=O) groups excluding carboxylic acids is 1. The SMILES string of the molecule is CC(C)COc1ccc(NCC(=O)Nc2ccccc2OC(C)C)cc1. The molecule has 0 saturated heterocycles. The van der Waals surface area contributed by atoms with Crippen LogP contribution in [-0.2, 0) is 4.79 Å². The Morgan fingerprint density at radius 1 is 1.00 bits per heavy atom. The minimum atomic E-state index is -0.134. The van der Waals surface area contributed by atoms with Gasteiger partial charge in [-0.25, -0.2) is 0 Å². The Hall–Kier alpha value is -2.69. The van der Waals surface area contributed by atoms with Gasteiger partial charge < -0.3 is 20.1 Å². The van der Waals surface area contributed by atoms with Gasteiger partial charge in [-0.3, -0.25) is 4.79 Å². The first-order valence-electron chi connectivity index (χ1n) is 8.96. The van der Waals surface area contributed by atoms with Crippen LogP contribution in [0.4, 0.5) is 11.4 Å². The van der Waals surface area contributed by atoms with E-state index in [1.165, 1.54) is 0 Å². The monoisotopic (exact) mass is 356 g/mol. The molecule has 1 amide bonds. The van der Waals surface area contributed by atoms with E-state index in [1.54, 1.807) is 0 Å². The molecule has 2 N–H and O–H groups in total. The maximum Gasteiger partial charge on any atom is 0.243 e. The van der Waals surface area contributed by atoms with Crippen LogP contribution in [0.2, 0.25) is 0 Å². The van der Waals surface area contributed by atoms with Crippen LogP contribution in [-0.4, -0.2) is 25.2 Å². The summed E-state index contributed by atoms with van der Waals surface area (Å²) in [7, 11) is 0. The topological polar surface area (TPSA) is 59.6 Å². The van der Waals surface area contributed by atoms with Crippen LogP contribution in [0.3, 0.4) is 0 Å². The average Bonchev–Trinajstić information content (AvgIpc) is 2.60. The maximum atomic E-state index is 12.2. The van der Waals surface area contributed by atoms with Gasteiger partial charge >= 0.3 is 0 Å². The van der Waals surface area contributed by atoms with Crippen molar-refractivity contribution in [2.75, 3.05) is 23.8 Å². The Kier molecular flexibility index (Phi) is 7.33. The van der Waals surface area contributed by atoms with Crippen molar-refractivity contribution in [3.05, 3.63) is 48.5 Å². The van der Waals surface area contributed by atoms with E-state index in [0.717, 1.165) is 11.4 Å². The van der Waals surface area contributed by atoms with E-state index < -0.39 is 0 Å². The van der Waals surface area contributed by atoms with Crippen LogP contribution in [0.1, 0.15) is 27.7 Å². The van der Waals surface area contributed by atoms with Crippen LogP contribution >= 0.6 is 0 Å².